The van der Waals surface area contributed by atoms with E-state index in [1.165, 1.54) is 16.0 Å². The molecule has 1 aromatic carbocycles. The first-order valence-electron chi connectivity index (χ1n) is 11.9. The minimum atomic E-state index is -0.596. The summed E-state index contributed by atoms with van der Waals surface area (Å²) in [5, 5.41) is 5.73. The fourth-order valence-corrected chi connectivity index (χ4v) is 6.56. The molecule has 0 radical (unpaired) electrons. The van der Waals surface area contributed by atoms with E-state index in [0.29, 0.717) is 34.3 Å². The summed E-state index contributed by atoms with van der Waals surface area (Å²) in [5.74, 6) is 0.497. The third-order valence-corrected chi connectivity index (χ3v) is 8.66. The number of anilines is 1. The number of esters is 1. The molecular formula is C25H30N3O6S2+. The van der Waals surface area contributed by atoms with E-state index in [0.717, 1.165) is 41.5 Å². The Hall–Kier alpha value is -3.05. The Labute approximate surface area is 217 Å². The van der Waals surface area contributed by atoms with Crippen molar-refractivity contribution >= 4 is 40.0 Å². The molecule has 11 heteroatoms. The molecule has 9 nitrogen and oxygen atoms in total. The van der Waals surface area contributed by atoms with E-state index >= 15 is 0 Å². The average Bonchev–Trinajstić information content (AvgIpc) is 3.41. The largest absolute Gasteiger partial charge is 0.497 e. The summed E-state index contributed by atoms with van der Waals surface area (Å²) in [5.41, 5.74) is 1.53. The Kier molecular flexibility index (Phi) is 8.20. The second-order valence-corrected chi connectivity index (χ2v) is 10.9. The molecule has 2 atom stereocenters. The van der Waals surface area contributed by atoms with Gasteiger partial charge in [0, 0.05) is 17.0 Å². The first kappa shape index (κ1) is 26.0. The lowest BCUT2D eigenvalue weighted by Gasteiger charge is -2.18. The number of nitrogens with one attached hydrogen (secondary N) is 2. The molecule has 1 aliphatic carbocycles. The quantitative estimate of drug-likeness (QED) is 0.242. The van der Waals surface area contributed by atoms with Gasteiger partial charge < -0.3 is 14.8 Å². The van der Waals surface area contributed by atoms with Crippen LogP contribution in [0.4, 0.5) is 5.00 Å². The number of aromatic nitrogens is 2. The number of aromatic amines is 1. The summed E-state index contributed by atoms with van der Waals surface area (Å²) in [6.45, 7) is 6.09. The van der Waals surface area contributed by atoms with E-state index in [1.54, 1.807) is 38.3 Å². The molecule has 2 heterocycles. The van der Waals surface area contributed by atoms with Gasteiger partial charge in [0.05, 0.1) is 24.5 Å². The van der Waals surface area contributed by atoms with E-state index < -0.39 is 16.8 Å². The summed E-state index contributed by atoms with van der Waals surface area (Å²) < 4.78 is 17.0. The standard InChI is InChI=1S/C25H29N3O6S2/c1-5-18(36-23-25(31)34-27-28(23)15-8-10-16(32-4)11-9-15)21(29)26-22-20(24(30)33-6-2)17-12-7-14(3)13-19(17)35-22/h8-11,14,18H,5-7,12-13H2,1-4H3,(H-,26,27,29,30,31)/p+1. The lowest BCUT2D eigenvalue weighted by Crippen LogP contribution is -2.37. The van der Waals surface area contributed by atoms with Gasteiger partial charge in [-0.25, -0.2) is 9.59 Å². The number of H-pyrrole nitrogens is 1. The van der Waals surface area contributed by atoms with Crippen molar-refractivity contribution in [1.29, 1.82) is 0 Å². The number of thiophene rings is 1. The maximum atomic E-state index is 13.4. The Morgan fingerprint density at radius 2 is 2.06 bits per heavy atom. The Morgan fingerprint density at radius 3 is 2.72 bits per heavy atom. The topological polar surface area (TPSA) is 115 Å². The molecule has 3 aromatic rings. The van der Waals surface area contributed by atoms with E-state index in [-0.39, 0.29) is 17.5 Å². The van der Waals surface area contributed by atoms with E-state index in [9.17, 15) is 14.4 Å². The van der Waals surface area contributed by atoms with Crippen LogP contribution < -0.4 is 20.4 Å². The Bertz CT molecular complexity index is 1290. The number of fused-ring (bicyclic) bond motifs is 1. The van der Waals surface area contributed by atoms with Crippen LogP contribution in [0, 0.1) is 5.92 Å². The molecule has 0 saturated heterocycles. The molecule has 1 amide bonds. The van der Waals surface area contributed by atoms with Crippen LogP contribution in [0.3, 0.4) is 0 Å². The average molecular weight is 533 g/mol. The van der Waals surface area contributed by atoms with Crippen molar-refractivity contribution in [3.8, 4) is 11.4 Å². The molecule has 2 aromatic heterocycles. The van der Waals surface area contributed by atoms with Crippen molar-refractivity contribution in [2.24, 2.45) is 5.92 Å². The third kappa shape index (κ3) is 5.36. The van der Waals surface area contributed by atoms with Crippen molar-refractivity contribution in [3.63, 3.8) is 0 Å². The Balaban J connectivity index is 1.59. The van der Waals surface area contributed by atoms with Gasteiger partial charge >= 0.3 is 16.6 Å². The fraction of sp³-hybridized carbons (Fsp3) is 0.440. The molecule has 1 aliphatic rings. The summed E-state index contributed by atoms with van der Waals surface area (Å²) in [4.78, 5) is 39.8. The number of benzene rings is 1. The number of hydrogen-bond acceptors (Lipinski definition) is 8. The predicted octanol–water partition coefficient (Wildman–Crippen LogP) is 4.13. The van der Waals surface area contributed by atoms with Crippen LogP contribution in [-0.4, -0.2) is 36.1 Å². The van der Waals surface area contributed by atoms with Crippen LogP contribution >= 0.6 is 23.1 Å². The monoisotopic (exact) mass is 532 g/mol. The SMILES string of the molecule is CCOC(=O)c1c(NC(=O)C(CC)Sc2c(=O)o[nH][n+]2-c2ccc(OC)cc2)sc2c1CCC(C)C2. The molecular weight excluding hydrogens is 502 g/mol. The lowest BCUT2D eigenvalue weighted by molar-refractivity contribution is -0.704. The second-order valence-electron chi connectivity index (χ2n) is 8.60. The fourth-order valence-electron chi connectivity index (χ4n) is 4.17. The first-order valence-corrected chi connectivity index (χ1v) is 13.6. The van der Waals surface area contributed by atoms with E-state index in [2.05, 4.69) is 17.5 Å². The highest BCUT2D eigenvalue weighted by Crippen LogP contribution is 2.40. The van der Waals surface area contributed by atoms with Gasteiger partial charge in [0.25, 0.3) is 0 Å². The predicted molar refractivity (Wildman–Crippen MR) is 137 cm³/mol. The van der Waals surface area contributed by atoms with Crippen LogP contribution in [0.25, 0.3) is 5.69 Å². The number of rotatable bonds is 9. The molecule has 0 saturated carbocycles. The Morgan fingerprint density at radius 1 is 1.31 bits per heavy atom. The summed E-state index contributed by atoms with van der Waals surface area (Å²) in [7, 11) is 1.57. The van der Waals surface area contributed by atoms with Crippen LogP contribution in [0.2, 0.25) is 0 Å². The van der Waals surface area contributed by atoms with Crippen LogP contribution in [0.5, 0.6) is 5.75 Å². The second kappa shape index (κ2) is 11.3. The summed E-state index contributed by atoms with van der Waals surface area (Å²) >= 11 is 2.56. The van der Waals surface area contributed by atoms with Crippen molar-refractivity contribution < 1.29 is 28.3 Å². The molecule has 2 unspecified atom stereocenters. The number of hydrogen-bond donors (Lipinski definition) is 2. The van der Waals surface area contributed by atoms with Crippen molar-refractivity contribution in [1.82, 2.24) is 5.27 Å². The molecule has 4 rings (SSSR count). The maximum Gasteiger partial charge on any atom is 0.442 e. The molecule has 0 bridgehead atoms. The number of ether oxygens (including phenoxy) is 2. The number of methoxy groups -OCH3 is 1. The molecule has 0 spiro atoms. The smallest absolute Gasteiger partial charge is 0.442 e. The molecule has 2 N–H and O–H groups in total. The van der Waals surface area contributed by atoms with Crippen LogP contribution in [0.1, 0.15) is 54.4 Å². The van der Waals surface area contributed by atoms with Gasteiger partial charge in [-0.3, -0.25) is 9.32 Å². The summed E-state index contributed by atoms with van der Waals surface area (Å²) in [6.07, 6.45) is 3.11. The van der Waals surface area contributed by atoms with Gasteiger partial charge in [-0.1, -0.05) is 13.8 Å². The van der Waals surface area contributed by atoms with Gasteiger partial charge in [0.15, 0.2) is 0 Å². The zero-order chi connectivity index (χ0) is 25.8. The van der Waals surface area contributed by atoms with Crippen molar-refractivity contribution in [2.45, 2.75) is 56.7 Å². The number of thioether (sulfide) groups is 1. The van der Waals surface area contributed by atoms with Crippen LogP contribution in [-0.2, 0) is 22.4 Å². The van der Waals surface area contributed by atoms with Gasteiger partial charge in [0.1, 0.15) is 10.8 Å². The van der Waals surface area contributed by atoms with E-state index in [1.807, 2.05) is 6.92 Å². The highest BCUT2D eigenvalue weighted by Gasteiger charge is 2.33. The molecule has 0 aliphatic heterocycles. The number of nitrogens with zero attached hydrogens (tertiary/aromatic N) is 1. The van der Waals surface area contributed by atoms with E-state index in [4.69, 9.17) is 14.0 Å². The minimum Gasteiger partial charge on any atom is -0.497 e. The number of carbonyl (C=O) groups is 2. The third-order valence-electron chi connectivity index (χ3n) is 6.08. The van der Waals surface area contributed by atoms with Crippen molar-refractivity contribution in [3.05, 3.63) is 50.7 Å². The summed E-state index contributed by atoms with van der Waals surface area (Å²) in [6, 6.07) is 7.08. The van der Waals surface area contributed by atoms with Crippen LogP contribution in [0.15, 0.2) is 38.6 Å². The molecule has 192 valence electrons. The maximum absolute atomic E-state index is 13.4. The molecule has 0 fully saturated rings. The number of amides is 1. The normalized spacial score (nSPS) is 15.7. The number of carbonyl (C=O) groups excluding carboxylic acids is 2. The lowest BCUT2D eigenvalue weighted by atomic mass is 9.88. The highest BCUT2D eigenvalue weighted by atomic mass is 32.2. The van der Waals surface area contributed by atoms with Crippen molar-refractivity contribution in [2.75, 3.05) is 19.0 Å². The first-order chi connectivity index (χ1) is 17.4. The minimum absolute atomic E-state index is 0.243. The van der Waals surface area contributed by atoms with Gasteiger partial charge in [-0.2, -0.15) is 0 Å². The zero-order valence-corrected chi connectivity index (χ0v) is 22.3. The van der Waals surface area contributed by atoms with Gasteiger partial charge in [-0.05, 0) is 77.9 Å². The van der Waals surface area contributed by atoms with Gasteiger partial charge in [0.2, 0.25) is 11.6 Å². The zero-order valence-electron chi connectivity index (χ0n) is 20.7. The van der Waals surface area contributed by atoms with Gasteiger partial charge in [-0.15, -0.1) is 11.3 Å². The highest BCUT2D eigenvalue weighted by molar-refractivity contribution is 8.00. The molecule has 36 heavy (non-hydrogen) atoms.